The number of hydrogen-bond acceptors (Lipinski definition) is 0. The first-order chi connectivity index (χ1) is 33.8. The van der Waals surface area contributed by atoms with Crippen molar-refractivity contribution < 1.29 is 0 Å². The fraction of sp³-hybridized carbons (Fsp3) is 0.0746. The van der Waals surface area contributed by atoms with Crippen molar-refractivity contribution in [2.24, 2.45) is 0 Å². The molecule has 2 aliphatic heterocycles. The average molecular weight is 909 g/mol. The molecule has 0 saturated heterocycles. The van der Waals surface area contributed by atoms with Gasteiger partial charge in [-0.1, -0.05) is 239 Å². The molecule has 324 valence electrons. The Bertz CT molecular complexity index is 3860. The highest BCUT2D eigenvalue weighted by molar-refractivity contribution is 7.05. The molecule has 4 aliphatic rings. The molecule has 0 N–H and O–H groups in total. The van der Waals surface area contributed by atoms with Crippen molar-refractivity contribution in [3.63, 3.8) is 0 Å². The summed E-state index contributed by atoms with van der Waals surface area (Å²) >= 11 is 0. The Morgan fingerprint density at radius 2 is 0.580 bits per heavy atom. The second-order valence-electron chi connectivity index (χ2n) is 21.0. The van der Waals surface area contributed by atoms with Crippen molar-refractivity contribution in [1.82, 2.24) is 0 Å². The van der Waals surface area contributed by atoms with Crippen LogP contribution in [0.2, 0.25) is 26.2 Å². The maximum atomic E-state index is 2.60. The summed E-state index contributed by atoms with van der Waals surface area (Å²) in [6.07, 6.45) is 0. The summed E-state index contributed by atoms with van der Waals surface area (Å²) in [5.74, 6) is 0. The normalized spacial score (nSPS) is 15.3. The molecule has 0 unspecified atom stereocenters. The molecule has 2 heterocycles. The topological polar surface area (TPSA) is 0 Å². The molecule has 0 atom stereocenters. The largest absolute Gasteiger partial charge is 0.114 e. The Balaban J connectivity index is 1.10. The Morgan fingerprint density at radius 1 is 0.261 bits per heavy atom. The van der Waals surface area contributed by atoms with E-state index < -0.39 is 21.6 Å². The van der Waals surface area contributed by atoms with Crippen LogP contribution < -0.4 is 20.7 Å². The van der Waals surface area contributed by atoms with Gasteiger partial charge in [-0.3, -0.25) is 0 Å². The standard InChI is InChI=1S/C67H48Si2/c1-68(2)61-38-13-8-23-46(61)53-32-18-30-51(65(53)68)41-25-15-27-48-56(41)40-57-42(52-31-19-33-54-47-24-9-14-39-62(47)69(3,4)66(52)54)26-16-28-49(57)63(48)55-34-17-29-50-45-22-7-12-37-60(45)67(64(50)55)58-35-10-5-20-43(58)44-21-6-11-36-59(44)67/h5-40H,1-4H3. The smallest absolute Gasteiger partial charge is 0.0623 e. The van der Waals surface area contributed by atoms with Gasteiger partial charge in [0.2, 0.25) is 0 Å². The lowest BCUT2D eigenvalue weighted by atomic mass is 9.68. The van der Waals surface area contributed by atoms with E-state index in [1.807, 2.05) is 0 Å². The van der Waals surface area contributed by atoms with Gasteiger partial charge in [0, 0.05) is 0 Å². The van der Waals surface area contributed by atoms with Crippen LogP contribution in [-0.2, 0) is 5.41 Å². The van der Waals surface area contributed by atoms with Crippen molar-refractivity contribution >= 4 is 58.4 Å². The molecule has 0 bridgehead atoms. The summed E-state index contributed by atoms with van der Waals surface area (Å²) in [6.45, 7) is 10.2. The lowest BCUT2D eigenvalue weighted by Crippen LogP contribution is -2.50. The molecule has 11 aromatic rings. The average Bonchev–Trinajstić information content (AvgIpc) is 4.03. The van der Waals surface area contributed by atoms with Gasteiger partial charge < -0.3 is 0 Å². The number of hydrogen-bond donors (Lipinski definition) is 0. The molecule has 2 aliphatic carbocycles. The van der Waals surface area contributed by atoms with E-state index in [2.05, 4.69) is 245 Å². The maximum absolute atomic E-state index is 2.60. The predicted octanol–water partition coefficient (Wildman–Crippen LogP) is 14.9. The molecule has 2 heteroatoms. The second-order valence-corrected chi connectivity index (χ2v) is 29.5. The van der Waals surface area contributed by atoms with Crippen molar-refractivity contribution in [2.75, 3.05) is 0 Å². The minimum absolute atomic E-state index is 0.497. The van der Waals surface area contributed by atoms with Gasteiger partial charge in [-0.25, -0.2) is 0 Å². The van der Waals surface area contributed by atoms with Gasteiger partial charge in [0.05, 0.1) is 5.41 Å². The highest BCUT2D eigenvalue weighted by Gasteiger charge is 2.53. The molecule has 0 radical (unpaired) electrons. The lowest BCUT2D eigenvalue weighted by Gasteiger charge is -2.33. The molecule has 0 amide bonds. The number of fused-ring (bicyclic) bond motifs is 18. The summed E-state index contributed by atoms with van der Waals surface area (Å²) in [4.78, 5) is 0. The monoisotopic (exact) mass is 908 g/mol. The van der Waals surface area contributed by atoms with E-state index in [1.54, 1.807) is 10.4 Å². The Kier molecular flexibility index (Phi) is 7.85. The van der Waals surface area contributed by atoms with Crippen LogP contribution >= 0.6 is 0 Å². The molecule has 0 nitrogen and oxygen atoms in total. The summed E-state index contributed by atoms with van der Waals surface area (Å²) < 4.78 is 0. The van der Waals surface area contributed by atoms with Gasteiger partial charge in [-0.2, -0.15) is 0 Å². The third-order valence-electron chi connectivity index (χ3n) is 17.1. The maximum Gasteiger partial charge on any atom is 0.114 e. The quantitative estimate of drug-likeness (QED) is 0.122. The molecular weight excluding hydrogens is 861 g/mol. The molecule has 0 aromatic heterocycles. The Morgan fingerprint density at radius 3 is 1.04 bits per heavy atom. The van der Waals surface area contributed by atoms with Gasteiger partial charge in [0.1, 0.15) is 16.1 Å². The highest BCUT2D eigenvalue weighted by atomic mass is 28.3. The van der Waals surface area contributed by atoms with Crippen LogP contribution in [0.3, 0.4) is 0 Å². The van der Waals surface area contributed by atoms with Crippen LogP contribution in [0.25, 0.3) is 99.4 Å². The van der Waals surface area contributed by atoms with Crippen LogP contribution in [0, 0.1) is 0 Å². The lowest BCUT2D eigenvalue weighted by molar-refractivity contribution is 0.796. The molecular formula is C67H48Si2. The zero-order chi connectivity index (χ0) is 46.0. The third kappa shape index (κ3) is 4.88. The summed E-state index contributed by atoms with van der Waals surface area (Å²) in [6, 6.07) is 84.6. The van der Waals surface area contributed by atoms with E-state index in [1.165, 1.54) is 132 Å². The van der Waals surface area contributed by atoms with Crippen LogP contribution in [0.1, 0.15) is 22.3 Å². The van der Waals surface area contributed by atoms with E-state index in [0.717, 1.165) is 0 Å². The van der Waals surface area contributed by atoms with E-state index in [9.17, 15) is 0 Å². The van der Waals surface area contributed by atoms with Crippen LogP contribution in [0.4, 0.5) is 0 Å². The van der Waals surface area contributed by atoms with Crippen LogP contribution in [0.15, 0.2) is 218 Å². The molecule has 69 heavy (non-hydrogen) atoms. The SMILES string of the molecule is C[Si]1(C)c2ccccc2-c2cccc(-c3cccc4c(-c5cccc6c5C5(c7ccccc7-c7ccccc75)c5ccccc5-6)c5cccc(-c6cccc7c6[Si](C)(C)c6ccccc6-7)c5cc34)c21. The zero-order valence-corrected chi connectivity index (χ0v) is 41.3. The first-order valence-corrected chi connectivity index (χ1v) is 30.7. The van der Waals surface area contributed by atoms with Gasteiger partial charge in [-0.05, 0) is 149 Å². The van der Waals surface area contributed by atoms with Gasteiger partial charge in [-0.15, -0.1) is 0 Å². The second kappa shape index (κ2) is 13.8. The predicted molar refractivity (Wildman–Crippen MR) is 298 cm³/mol. The molecule has 0 saturated carbocycles. The molecule has 15 rings (SSSR count). The first kappa shape index (κ1) is 39.4. The summed E-state index contributed by atoms with van der Waals surface area (Å²) in [5, 5.41) is 11.4. The molecule has 11 aromatic carbocycles. The molecule has 1 spiro atoms. The zero-order valence-electron chi connectivity index (χ0n) is 39.3. The minimum Gasteiger partial charge on any atom is -0.0623 e. The van der Waals surface area contributed by atoms with E-state index in [0.29, 0.717) is 0 Å². The number of rotatable bonds is 3. The van der Waals surface area contributed by atoms with Crippen LogP contribution in [-0.4, -0.2) is 16.1 Å². The van der Waals surface area contributed by atoms with E-state index in [4.69, 9.17) is 0 Å². The van der Waals surface area contributed by atoms with E-state index in [-0.39, 0.29) is 0 Å². The summed E-state index contributed by atoms with van der Waals surface area (Å²) in [7, 11) is -4.17. The third-order valence-corrected chi connectivity index (χ3v) is 24.2. The minimum atomic E-state index is -2.08. The molecule has 0 fully saturated rings. The Hall–Kier alpha value is -7.63. The highest BCUT2D eigenvalue weighted by Crippen LogP contribution is 2.65. The van der Waals surface area contributed by atoms with Gasteiger partial charge in [0.25, 0.3) is 0 Å². The summed E-state index contributed by atoms with van der Waals surface area (Å²) in [5.41, 5.74) is 23.9. The number of benzene rings is 11. The van der Waals surface area contributed by atoms with Crippen LogP contribution in [0.5, 0.6) is 0 Å². The van der Waals surface area contributed by atoms with E-state index >= 15 is 0 Å². The van der Waals surface area contributed by atoms with Gasteiger partial charge in [0.15, 0.2) is 0 Å². The Labute approximate surface area is 406 Å². The van der Waals surface area contributed by atoms with Crippen molar-refractivity contribution in [3.05, 3.63) is 241 Å². The van der Waals surface area contributed by atoms with Gasteiger partial charge >= 0.3 is 0 Å². The van der Waals surface area contributed by atoms with Crippen molar-refractivity contribution in [1.29, 1.82) is 0 Å². The van der Waals surface area contributed by atoms with Crippen molar-refractivity contribution in [2.45, 2.75) is 31.6 Å². The fourth-order valence-electron chi connectivity index (χ4n) is 14.4. The fourth-order valence-corrected chi connectivity index (χ4v) is 21.3. The van der Waals surface area contributed by atoms with Crippen molar-refractivity contribution in [3.8, 4) is 77.9 Å². The first-order valence-electron chi connectivity index (χ1n) is 24.7.